The standard InChI is InChI=1S/C10H8ClN7O/c1-12-9(19)5-2-3-18(17-5)8-6-7(14-4-13-6)15-10(11)16-8/h2-4H,1H3,(H,12,19)(H,13,14,15,16). The van der Waals surface area contributed by atoms with E-state index in [1.807, 2.05) is 0 Å². The molecule has 8 nitrogen and oxygen atoms in total. The van der Waals surface area contributed by atoms with Crippen LogP contribution in [0, 0.1) is 0 Å². The number of nitrogens with one attached hydrogen (secondary N) is 2. The lowest BCUT2D eigenvalue weighted by Gasteiger charge is -2.01. The molecule has 0 bridgehead atoms. The van der Waals surface area contributed by atoms with Gasteiger partial charge in [-0.1, -0.05) is 0 Å². The van der Waals surface area contributed by atoms with Crippen LogP contribution in [0.2, 0.25) is 5.28 Å². The molecule has 19 heavy (non-hydrogen) atoms. The van der Waals surface area contributed by atoms with Crippen molar-refractivity contribution in [3.05, 3.63) is 29.6 Å². The van der Waals surface area contributed by atoms with E-state index in [9.17, 15) is 4.79 Å². The van der Waals surface area contributed by atoms with Crippen molar-refractivity contribution in [2.24, 2.45) is 0 Å². The van der Waals surface area contributed by atoms with Crippen LogP contribution in [0.1, 0.15) is 10.5 Å². The zero-order valence-electron chi connectivity index (χ0n) is 9.75. The van der Waals surface area contributed by atoms with E-state index in [4.69, 9.17) is 11.6 Å². The van der Waals surface area contributed by atoms with Crippen LogP contribution in [0.15, 0.2) is 18.6 Å². The summed E-state index contributed by atoms with van der Waals surface area (Å²) in [7, 11) is 1.54. The molecule has 0 fully saturated rings. The zero-order chi connectivity index (χ0) is 13.4. The molecule has 0 aliphatic heterocycles. The average Bonchev–Trinajstić information content (AvgIpc) is 3.05. The van der Waals surface area contributed by atoms with Crippen molar-refractivity contribution in [2.75, 3.05) is 7.05 Å². The third-order valence-corrected chi connectivity index (χ3v) is 2.67. The molecule has 0 radical (unpaired) electrons. The predicted octanol–water partition coefficient (Wildman–Crippen LogP) is 0.552. The number of imidazole rings is 1. The number of carbonyl (C=O) groups excluding carboxylic acids is 1. The number of aromatic nitrogens is 6. The van der Waals surface area contributed by atoms with Gasteiger partial charge in [-0.15, -0.1) is 0 Å². The topological polar surface area (TPSA) is 101 Å². The fourth-order valence-electron chi connectivity index (χ4n) is 1.65. The first-order valence-electron chi connectivity index (χ1n) is 5.34. The van der Waals surface area contributed by atoms with E-state index in [1.165, 1.54) is 18.1 Å². The second-order valence-corrected chi connectivity index (χ2v) is 3.98. The first-order valence-corrected chi connectivity index (χ1v) is 5.71. The van der Waals surface area contributed by atoms with E-state index in [0.29, 0.717) is 17.0 Å². The van der Waals surface area contributed by atoms with Crippen LogP contribution in [-0.4, -0.2) is 42.7 Å². The summed E-state index contributed by atoms with van der Waals surface area (Å²) < 4.78 is 1.44. The van der Waals surface area contributed by atoms with Gasteiger partial charge in [-0.25, -0.2) is 9.67 Å². The average molecular weight is 278 g/mol. The van der Waals surface area contributed by atoms with Crippen LogP contribution >= 0.6 is 11.6 Å². The van der Waals surface area contributed by atoms with Gasteiger partial charge in [-0.3, -0.25) is 4.79 Å². The van der Waals surface area contributed by atoms with Crippen LogP contribution in [0.3, 0.4) is 0 Å². The summed E-state index contributed by atoms with van der Waals surface area (Å²) in [5.74, 6) is 0.155. The Hall–Kier alpha value is -2.48. The molecule has 0 spiro atoms. The van der Waals surface area contributed by atoms with Crippen molar-refractivity contribution in [2.45, 2.75) is 0 Å². The summed E-state index contributed by atoms with van der Waals surface area (Å²) in [6.45, 7) is 0. The summed E-state index contributed by atoms with van der Waals surface area (Å²) in [5, 5.41) is 6.69. The number of hydrogen-bond acceptors (Lipinski definition) is 5. The highest BCUT2D eigenvalue weighted by Crippen LogP contribution is 2.17. The first-order chi connectivity index (χ1) is 9.19. The number of nitrogens with zero attached hydrogens (tertiary/aromatic N) is 5. The molecule has 3 aromatic rings. The maximum atomic E-state index is 11.5. The minimum Gasteiger partial charge on any atom is -0.354 e. The lowest BCUT2D eigenvalue weighted by molar-refractivity contribution is 0.0957. The quantitative estimate of drug-likeness (QED) is 0.666. The fourth-order valence-corrected chi connectivity index (χ4v) is 1.81. The molecular weight excluding hydrogens is 270 g/mol. The van der Waals surface area contributed by atoms with Crippen LogP contribution < -0.4 is 5.32 Å². The van der Waals surface area contributed by atoms with Crippen LogP contribution in [0.5, 0.6) is 0 Å². The lowest BCUT2D eigenvalue weighted by Crippen LogP contribution is -2.18. The first kappa shape index (κ1) is 11.6. The Morgan fingerprint density at radius 2 is 2.32 bits per heavy atom. The number of rotatable bonds is 2. The predicted molar refractivity (Wildman–Crippen MR) is 67.2 cm³/mol. The van der Waals surface area contributed by atoms with E-state index >= 15 is 0 Å². The number of carbonyl (C=O) groups is 1. The van der Waals surface area contributed by atoms with Gasteiger partial charge in [0.15, 0.2) is 17.2 Å². The Morgan fingerprint density at radius 1 is 1.47 bits per heavy atom. The van der Waals surface area contributed by atoms with Crippen molar-refractivity contribution in [3.8, 4) is 5.82 Å². The monoisotopic (exact) mass is 277 g/mol. The molecular formula is C10H8ClN7O. The largest absolute Gasteiger partial charge is 0.354 e. The van der Waals surface area contributed by atoms with Gasteiger partial charge >= 0.3 is 0 Å². The second-order valence-electron chi connectivity index (χ2n) is 3.64. The maximum absolute atomic E-state index is 11.5. The Bertz CT molecular complexity index is 762. The summed E-state index contributed by atoms with van der Waals surface area (Å²) in [6.07, 6.45) is 3.10. The summed E-state index contributed by atoms with van der Waals surface area (Å²) >= 11 is 5.83. The van der Waals surface area contributed by atoms with E-state index in [2.05, 4.69) is 30.4 Å². The molecule has 0 saturated heterocycles. The molecule has 0 aliphatic rings. The van der Waals surface area contributed by atoms with E-state index in [1.54, 1.807) is 12.3 Å². The molecule has 3 rings (SSSR count). The summed E-state index contributed by atoms with van der Waals surface area (Å²) in [6, 6.07) is 1.58. The maximum Gasteiger partial charge on any atom is 0.271 e. The minimum absolute atomic E-state index is 0.0617. The van der Waals surface area contributed by atoms with Crippen molar-refractivity contribution in [3.63, 3.8) is 0 Å². The third-order valence-electron chi connectivity index (χ3n) is 2.51. The summed E-state index contributed by atoms with van der Waals surface area (Å²) in [4.78, 5) is 26.5. The Kier molecular flexibility index (Phi) is 2.64. The normalized spacial score (nSPS) is 10.8. The van der Waals surface area contributed by atoms with E-state index in [0.717, 1.165) is 0 Å². The molecule has 3 aromatic heterocycles. The van der Waals surface area contributed by atoms with Crippen molar-refractivity contribution in [1.29, 1.82) is 0 Å². The number of hydrogen-bond donors (Lipinski definition) is 2. The molecule has 2 N–H and O–H groups in total. The van der Waals surface area contributed by atoms with Gasteiger partial charge in [0.2, 0.25) is 5.28 Å². The fraction of sp³-hybridized carbons (Fsp3) is 0.100. The smallest absolute Gasteiger partial charge is 0.271 e. The van der Waals surface area contributed by atoms with Crippen molar-refractivity contribution < 1.29 is 4.79 Å². The highest BCUT2D eigenvalue weighted by Gasteiger charge is 2.14. The molecule has 0 atom stereocenters. The molecule has 0 saturated carbocycles. The number of fused-ring (bicyclic) bond motifs is 1. The van der Waals surface area contributed by atoms with E-state index < -0.39 is 0 Å². The number of amides is 1. The number of halogens is 1. The molecule has 9 heteroatoms. The van der Waals surface area contributed by atoms with Crippen molar-refractivity contribution in [1.82, 2.24) is 35.0 Å². The zero-order valence-corrected chi connectivity index (χ0v) is 10.5. The Labute approximate surface area is 111 Å². The molecule has 96 valence electrons. The van der Waals surface area contributed by atoms with Gasteiger partial charge in [-0.2, -0.15) is 15.1 Å². The number of aromatic amines is 1. The summed E-state index contributed by atoms with van der Waals surface area (Å²) in [5.41, 5.74) is 1.31. The molecule has 0 aromatic carbocycles. The van der Waals surface area contributed by atoms with E-state index in [-0.39, 0.29) is 16.9 Å². The Morgan fingerprint density at radius 3 is 3.11 bits per heavy atom. The molecule has 3 heterocycles. The van der Waals surface area contributed by atoms with Crippen LogP contribution in [0.4, 0.5) is 0 Å². The minimum atomic E-state index is -0.278. The highest BCUT2D eigenvalue weighted by molar-refractivity contribution is 6.28. The molecule has 1 amide bonds. The van der Waals surface area contributed by atoms with Crippen LogP contribution in [0.25, 0.3) is 17.0 Å². The number of H-pyrrole nitrogens is 1. The third kappa shape index (κ3) is 1.91. The van der Waals surface area contributed by atoms with Gasteiger partial charge in [0.1, 0.15) is 5.52 Å². The Balaban J connectivity index is 2.16. The van der Waals surface area contributed by atoms with Gasteiger partial charge in [0, 0.05) is 13.2 Å². The molecule has 0 aliphatic carbocycles. The van der Waals surface area contributed by atoms with Crippen LogP contribution in [-0.2, 0) is 0 Å². The SMILES string of the molecule is CNC(=O)c1ccn(-c2nc(Cl)nc3nc[nH]c23)n1. The second kappa shape index (κ2) is 4.32. The van der Waals surface area contributed by atoms with Crippen molar-refractivity contribution >= 4 is 28.7 Å². The van der Waals surface area contributed by atoms with Gasteiger partial charge in [0.05, 0.1) is 6.33 Å². The van der Waals surface area contributed by atoms with Gasteiger partial charge < -0.3 is 10.3 Å². The van der Waals surface area contributed by atoms with Gasteiger partial charge in [0.25, 0.3) is 5.91 Å². The van der Waals surface area contributed by atoms with Gasteiger partial charge in [-0.05, 0) is 17.7 Å². The lowest BCUT2D eigenvalue weighted by atomic mass is 10.4. The molecule has 0 unspecified atom stereocenters. The highest BCUT2D eigenvalue weighted by atomic mass is 35.5.